The van der Waals surface area contributed by atoms with Crippen molar-refractivity contribution in [2.45, 2.75) is 26.5 Å². The van der Waals surface area contributed by atoms with Crippen molar-refractivity contribution in [2.24, 2.45) is 4.99 Å². The van der Waals surface area contributed by atoms with Gasteiger partial charge < -0.3 is 18.9 Å². The molecular weight excluding hydrogens is 702 g/mol. The van der Waals surface area contributed by atoms with Crippen LogP contribution in [-0.4, -0.2) is 35.8 Å². The van der Waals surface area contributed by atoms with E-state index >= 15 is 0 Å². The number of nitro benzene ring substituents is 1. The Labute approximate surface area is 280 Å². The summed E-state index contributed by atoms with van der Waals surface area (Å²) in [5.74, 6) is 0.367. The van der Waals surface area contributed by atoms with Crippen LogP contribution in [0, 0.1) is 10.1 Å². The fourth-order valence-electron chi connectivity index (χ4n) is 4.88. The number of hydrogen-bond donors (Lipinski definition) is 0. The van der Waals surface area contributed by atoms with E-state index in [-0.39, 0.29) is 28.1 Å². The van der Waals surface area contributed by atoms with Gasteiger partial charge in [-0.25, -0.2) is 9.79 Å². The lowest BCUT2D eigenvalue weighted by molar-refractivity contribution is -0.386. The number of carbonyl (C=O) groups is 1. The van der Waals surface area contributed by atoms with Crippen LogP contribution in [0.5, 0.6) is 17.2 Å². The molecule has 0 N–H and O–H groups in total. The Kier molecular flexibility index (Phi) is 10.2. The molecule has 1 aliphatic heterocycles. The van der Waals surface area contributed by atoms with E-state index in [4.69, 9.17) is 30.5 Å². The highest BCUT2D eigenvalue weighted by Gasteiger charge is 2.31. The molecule has 0 saturated heterocycles. The van der Waals surface area contributed by atoms with Crippen LogP contribution in [0.1, 0.15) is 36.6 Å². The predicted octanol–water partition coefficient (Wildman–Crippen LogP) is 5.72. The zero-order chi connectivity index (χ0) is 33.0. The van der Waals surface area contributed by atoms with Crippen molar-refractivity contribution in [1.29, 1.82) is 0 Å². The molecule has 0 fully saturated rings. The lowest BCUT2D eigenvalue weighted by Gasteiger charge is -2.23. The first-order valence-corrected chi connectivity index (χ1v) is 16.0. The number of benzene rings is 3. The van der Waals surface area contributed by atoms with E-state index < -0.39 is 22.5 Å². The Morgan fingerprint density at radius 2 is 1.87 bits per heavy atom. The molecular formula is C32H27BrClN3O8S. The van der Waals surface area contributed by atoms with Gasteiger partial charge in [-0.15, -0.1) is 0 Å². The summed E-state index contributed by atoms with van der Waals surface area (Å²) >= 11 is 10.5. The van der Waals surface area contributed by atoms with Crippen molar-refractivity contribution in [2.75, 3.05) is 20.3 Å². The number of esters is 1. The second-order valence-corrected chi connectivity index (χ2v) is 12.1. The summed E-state index contributed by atoms with van der Waals surface area (Å²) in [7, 11) is 1.25. The van der Waals surface area contributed by atoms with E-state index in [0.29, 0.717) is 50.1 Å². The summed E-state index contributed by atoms with van der Waals surface area (Å²) in [5.41, 5.74) is 1.09. The number of fused-ring (bicyclic) bond motifs is 1. The van der Waals surface area contributed by atoms with E-state index in [2.05, 4.69) is 20.9 Å². The van der Waals surface area contributed by atoms with Gasteiger partial charge >= 0.3 is 11.7 Å². The van der Waals surface area contributed by atoms with Crippen molar-refractivity contribution in [1.82, 2.24) is 4.57 Å². The third-order valence-corrected chi connectivity index (χ3v) is 8.64. The molecule has 11 nitrogen and oxygen atoms in total. The van der Waals surface area contributed by atoms with Gasteiger partial charge in [0.05, 0.1) is 45.9 Å². The van der Waals surface area contributed by atoms with Crippen molar-refractivity contribution >= 4 is 56.6 Å². The standard InChI is InChI=1S/C32H27BrClN3O8S/c1-4-43-25-10-9-20(15-26(25)44-5-2)28-22(31(39)42-3)16-35-32-36(28)30(38)27(46-32)14-19-12-23(33)29(24(13-19)37(40)41)45-17-18-7-6-8-21(34)11-18/h6-16,28H,4-5,17H2,1-3H3/b27-14+/t28-/m0/s1. The third kappa shape index (κ3) is 6.86. The summed E-state index contributed by atoms with van der Waals surface area (Å²) in [5, 5.41) is 12.6. The zero-order valence-corrected chi connectivity index (χ0v) is 28.0. The van der Waals surface area contributed by atoms with Crippen LogP contribution in [0.4, 0.5) is 5.69 Å². The molecule has 46 heavy (non-hydrogen) atoms. The third-order valence-electron chi connectivity index (χ3n) is 6.82. The van der Waals surface area contributed by atoms with Gasteiger partial charge in [0.15, 0.2) is 16.3 Å². The molecule has 4 aromatic rings. The Bertz CT molecular complexity index is 2040. The minimum absolute atomic E-state index is 0.0342. The van der Waals surface area contributed by atoms with Crippen LogP contribution in [-0.2, 0) is 16.1 Å². The molecule has 1 aromatic heterocycles. The number of nitrogens with zero attached hydrogens (tertiary/aromatic N) is 3. The molecule has 0 bridgehead atoms. The lowest BCUT2D eigenvalue weighted by Crippen LogP contribution is -2.39. The highest BCUT2D eigenvalue weighted by atomic mass is 79.9. The van der Waals surface area contributed by atoms with Gasteiger partial charge in [0.2, 0.25) is 5.75 Å². The number of aromatic nitrogens is 1. The summed E-state index contributed by atoms with van der Waals surface area (Å²) in [4.78, 5) is 43.0. The number of nitro groups is 1. The number of ether oxygens (including phenoxy) is 4. The van der Waals surface area contributed by atoms with E-state index in [0.717, 1.165) is 16.9 Å². The van der Waals surface area contributed by atoms with E-state index in [1.54, 1.807) is 48.5 Å². The molecule has 0 unspecified atom stereocenters. The van der Waals surface area contributed by atoms with E-state index in [1.165, 1.54) is 30.0 Å². The molecule has 238 valence electrons. The van der Waals surface area contributed by atoms with Crippen LogP contribution in [0.3, 0.4) is 0 Å². The predicted molar refractivity (Wildman–Crippen MR) is 177 cm³/mol. The van der Waals surface area contributed by atoms with Crippen molar-refractivity contribution in [3.8, 4) is 17.2 Å². The SMILES string of the molecule is CCOc1ccc([C@H]2C(C(=O)OC)=CN=c3s/c(=C/c4cc(Br)c(OCc5cccc(Cl)c5)c([N+](=O)[O-])c4)c(=O)n32)cc1OCC. The Morgan fingerprint density at radius 1 is 1.11 bits per heavy atom. The molecule has 1 atom stereocenters. The van der Waals surface area contributed by atoms with Crippen LogP contribution in [0.25, 0.3) is 6.08 Å². The van der Waals surface area contributed by atoms with Gasteiger partial charge in [-0.2, -0.15) is 0 Å². The lowest BCUT2D eigenvalue weighted by atomic mass is 9.97. The smallest absolute Gasteiger partial charge is 0.337 e. The summed E-state index contributed by atoms with van der Waals surface area (Å²) in [6, 6.07) is 14.2. The quantitative estimate of drug-likeness (QED) is 0.109. The molecule has 2 heterocycles. The Morgan fingerprint density at radius 3 is 2.57 bits per heavy atom. The molecule has 5 rings (SSSR count). The molecule has 3 aromatic carbocycles. The number of halogens is 2. The first kappa shape index (κ1) is 32.9. The Hall–Kier alpha value is -4.46. The molecule has 0 amide bonds. The van der Waals surface area contributed by atoms with Crippen LogP contribution in [0.2, 0.25) is 5.02 Å². The highest BCUT2D eigenvalue weighted by molar-refractivity contribution is 9.10. The van der Waals surface area contributed by atoms with Gasteiger partial charge in [-0.3, -0.25) is 19.5 Å². The van der Waals surface area contributed by atoms with Crippen molar-refractivity contribution in [3.63, 3.8) is 0 Å². The normalized spacial score (nSPS) is 14.2. The number of methoxy groups -OCH3 is 1. The first-order valence-electron chi connectivity index (χ1n) is 14.0. The largest absolute Gasteiger partial charge is 0.490 e. The van der Waals surface area contributed by atoms with Gasteiger partial charge in [-0.1, -0.05) is 41.1 Å². The summed E-state index contributed by atoms with van der Waals surface area (Å²) in [6.07, 6.45) is 2.92. The second kappa shape index (κ2) is 14.3. The van der Waals surface area contributed by atoms with Crippen LogP contribution >= 0.6 is 38.9 Å². The number of thiazole rings is 1. The average molecular weight is 729 g/mol. The van der Waals surface area contributed by atoms with Crippen LogP contribution < -0.4 is 29.1 Å². The average Bonchev–Trinajstić information content (AvgIpc) is 3.35. The maximum Gasteiger partial charge on any atom is 0.337 e. The zero-order valence-electron chi connectivity index (χ0n) is 24.8. The minimum atomic E-state index is -0.885. The van der Waals surface area contributed by atoms with Crippen LogP contribution in [0.15, 0.2) is 80.6 Å². The number of rotatable bonds is 11. The van der Waals surface area contributed by atoms with Crippen molar-refractivity contribution in [3.05, 3.63) is 122 Å². The van der Waals surface area contributed by atoms with Gasteiger partial charge in [-0.05, 0) is 82.9 Å². The maximum absolute atomic E-state index is 14.0. The topological polar surface area (TPSA) is 131 Å². The molecule has 0 aliphatic carbocycles. The maximum atomic E-state index is 14.0. The molecule has 0 spiro atoms. The summed E-state index contributed by atoms with van der Waals surface area (Å²) < 4.78 is 24.3. The monoisotopic (exact) mass is 727 g/mol. The number of hydrogen-bond acceptors (Lipinski definition) is 10. The minimum Gasteiger partial charge on any atom is -0.490 e. The second-order valence-electron chi connectivity index (χ2n) is 9.77. The molecule has 14 heteroatoms. The van der Waals surface area contributed by atoms with Gasteiger partial charge in [0.1, 0.15) is 6.61 Å². The molecule has 1 aliphatic rings. The summed E-state index contributed by atoms with van der Waals surface area (Å²) in [6.45, 7) is 4.54. The van der Waals surface area contributed by atoms with Gasteiger partial charge in [0, 0.05) is 17.3 Å². The fourth-order valence-corrected chi connectivity index (χ4v) is 6.65. The molecule has 0 saturated carbocycles. The highest BCUT2D eigenvalue weighted by Crippen LogP contribution is 2.38. The van der Waals surface area contributed by atoms with Crippen molar-refractivity contribution < 1.29 is 28.7 Å². The van der Waals surface area contributed by atoms with E-state index in [9.17, 15) is 19.7 Å². The Balaban J connectivity index is 1.59. The van der Waals surface area contributed by atoms with Gasteiger partial charge in [0.25, 0.3) is 5.56 Å². The first-order chi connectivity index (χ1) is 22.1. The number of carbonyl (C=O) groups excluding carboxylic acids is 1. The van der Waals surface area contributed by atoms with E-state index in [1.807, 2.05) is 13.8 Å². The fraction of sp³-hybridized carbons (Fsp3) is 0.219. The molecule has 0 radical (unpaired) electrons.